The Morgan fingerprint density at radius 2 is 2.29 bits per heavy atom. The fourth-order valence-corrected chi connectivity index (χ4v) is 1.18. The number of rotatable bonds is 3. The van der Waals surface area contributed by atoms with Gasteiger partial charge in [0, 0.05) is 12.5 Å². The molecular weight excluding hydrogens is 178 g/mol. The van der Waals surface area contributed by atoms with Gasteiger partial charge in [0.25, 0.3) is 0 Å². The fourth-order valence-electron chi connectivity index (χ4n) is 1.18. The number of hydrogen-bond acceptors (Lipinski definition) is 1. The maximum absolute atomic E-state index is 12.9. The molecule has 0 spiro atoms. The van der Waals surface area contributed by atoms with Gasteiger partial charge in [-0.3, -0.25) is 0 Å². The van der Waals surface area contributed by atoms with Crippen molar-refractivity contribution in [3.63, 3.8) is 0 Å². The Labute approximate surface area is 84.7 Å². The number of benzene rings is 1. The highest BCUT2D eigenvalue weighted by Gasteiger charge is 2.10. The van der Waals surface area contributed by atoms with E-state index in [0.29, 0.717) is 16.6 Å². The van der Waals surface area contributed by atoms with E-state index in [1.165, 1.54) is 18.2 Å². The first kappa shape index (κ1) is 11.0. The van der Waals surface area contributed by atoms with Crippen LogP contribution in [0.3, 0.4) is 0 Å². The lowest BCUT2D eigenvalue weighted by Gasteiger charge is -2.14. The van der Waals surface area contributed by atoms with Crippen molar-refractivity contribution in [1.29, 1.82) is 0 Å². The summed E-state index contributed by atoms with van der Waals surface area (Å²) in [6.45, 7) is 5.58. The van der Waals surface area contributed by atoms with Crippen molar-refractivity contribution in [3.05, 3.63) is 36.2 Å². The topological polar surface area (TPSA) is 20.2 Å². The van der Waals surface area contributed by atoms with Gasteiger partial charge in [-0.15, -0.1) is 0 Å². The molecule has 1 aromatic rings. The van der Waals surface area contributed by atoms with Gasteiger partial charge in [0.05, 0.1) is 0 Å². The third-order valence-corrected chi connectivity index (χ3v) is 2.23. The van der Waals surface area contributed by atoms with Crippen molar-refractivity contribution in [2.75, 3.05) is 6.61 Å². The van der Waals surface area contributed by atoms with E-state index in [2.05, 4.69) is 6.58 Å². The molecule has 0 amide bonds. The van der Waals surface area contributed by atoms with E-state index < -0.39 is 0 Å². The van der Waals surface area contributed by atoms with Crippen LogP contribution in [0.5, 0.6) is 0 Å². The molecule has 2 radical (unpaired) electrons. The van der Waals surface area contributed by atoms with Crippen molar-refractivity contribution in [1.82, 2.24) is 0 Å². The van der Waals surface area contributed by atoms with E-state index in [1.54, 1.807) is 0 Å². The highest BCUT2D eigenvalue weighted by molar-refractivity contribution is 6.34. The molecule has 0 saturated carbocycles. The van der Waals surface area contributed by atoms with Crippen molar-refractivity contribution in [2.24, 2.45) is 5.92 Å². The molecule has 0 bridgehead atoms. The maximum atomic E-state index is 12.9. The van der Waals surface area contributed by atoms with Gasteiger partial charge in [-0.1, -0.05) is 25.0 Å². The zero-order chi connectivity index (χ0) is 10.7. The zero-order valence-corrected chi connectivity index (χ0v) is 8.13. The molecule has 72 valence electrons. The fraction of sp³-hybridized carbons (Fsp3) is 0.273. The molecule has 1 aromatic carbocycles. The Balaban J connectivity index is 3.06. The van der Waals surface area contributed by atoms with Gasteiger partial charge in [0.15, 0.2) is 0 Å². The standard InChI is InChI=1S/C11H12BFO/c1-7(6-14)8(2)10-5-9(13)3-4-11(10)12/h3-5,7,14H,2,6H2,1H3/t7-/m1/s1. The minimum atomic E-state index is -0.347. The summed E-state index contributed by atoms with van der Waals surface area (Å²) in [5, 5.41) is 8.93. The van der Waals surface area contributed by atoms with Gasteiger partial charge in [-0.2, -0.15) is 0 Å². The van der Waals surface area contributed by atoms with Gasteiger partial charge in [-0.25, -0.2) is 4.39 Å². The molecule has 1 rings (SSSR count). The predicted molar refractivity (Wildman–Crippen MR) is 57.1 cm³/mol. The van der Waals surface area contributed by atoms with Crippen LogP contribution in [0.15, 0.2) is 24.8 Å². The van der Waals surface area contributed by atoms with Crippen LogP contribution in [0.25, 0.3) is 5.57 Å². The molecule has 1 atom stereocenters. The van der Waals surface area contributed by atoms with E-state index in [4.69, 9.17) is 13.0 Å². The van der Waals surface area contributed by atoms with Crippen LogP contribution in [0.4, 0.5) is 4.39 Å². The largest absolute Gasteiger partial charge is 0.396 e. The summed E-state index contributed by atoms with van der Waals surface area (Å²) in [5.74, 6) is -0.459. The van der Waals surface area contributed by atoms with E-state index >= 15 is 0 Å². The van der Waals surface area contributed by atoms with E-state index in [0.717, 1.165) is 0 Å². The van der Waals surface area contributed by atoms with Crippen LogP contribution in [0.2, 0.25) is 0 Å². The minimum Gasteiger partial charge on any atom is -0.396 e. The second-order valence-corrected chi connectivity index (χ2v) is 3.34. The van der Waals surface area contributed by atoms with Crippen molar-refractivity contribution in [2.45, 2.75) is 6.92 Å². The molecule has 0 aromatic heterocycles. The van der Waals surface area contributed by atoms with Crippen LogP contribution in [-0.4, -0.2) is 19.6 Å². The summed E-state index contributed by atoms with van der Waals surface area (Å²) in [5.41, 5.74) is 1.72. The van der Waals surface area contributed by atoms with Gasteiger partial charge in [0.1, 0.15) is 13.7 Å². The first-order valence-corrected chi connectivity index (χ1v) is 4.41. The third kappa shape index (κ3) is 2.23. The monoisotopic (exact) mass is 190 g/mol. The van der Waals surface area contributed by atoms with Crippen LogP contribution < -0.4 is 5.46 Å². The predicted octanol–water partition coefficient (Wildman–Crippen LogP) is 1.26. The second-order valence-electron chi connectivity index (χ2n) is 3.34. The van der Waals surface area contributed by atoms with Gasteiger partial charge < -0.3 is 5.11 Å². The first-order valence-electron chi connectivity index (χ1n) is 4.41. The Morgan fingerprint density at radius 1 is 1.64 bits per heavy atom. The molecular formula is C11H12BFO. The average Bonchev–Trinajstić information content (AvgIpc) is 2.19. The van der Waals surface area contributed by atoms with E-state index in [9.17, 15) is 4.39 Å². The van der Waals surface area contributed by atoms with Crippen LogP contribution in [0.1, 0.15) is 12.5 Å². The first-order chi connectivity index (χ1) is 6.56. The number of hydrogen-bond donors (Lipinski definition) is 1. The summed E-state index contributed by atoms with van der Waals surface area (Å²) in [6, 6.07) is 4.14. The number of halogens is 1. The van der Waals surface area contributed by atoms with Gasteiger partial charge in [-0.05, 0) is 23.3 Å². The molecule has 0 unspecified atom stereocenters. The molecule has 3 heteroatoms. The Hall–Kier alpha value is -1.09. The maximum Gasteiger partial charge on any atom is 0.123 e. The third-order valence-electron chi connectivity index (χ3n) is 2.23. The summed E-state index contributed by atoms with van der Waals surface area (Å²) < 4.78 is 12.9. The van der Waals surface area contributed by atoms with Gasteiger partial charge >= 0.3 is 0 Å². The second kappa shape index (κ2) is 4.42. The lowest BCUT2D eigenvalue weighted by Crippen LogP contribution is -2.14. The Morgan fingerprint density at radius 3 is 2.86 bits per heavy atom. The lowest BCUT2D eigenvalue weighted by atomic mass is 9.84. The molecule has 0 aliphatic rings. The minimum absolute atomic E-state index is 0.0191. The van der Waals surface area contributed by atoms with Crippen LogP contribution >= 0.6 is 0 Å². The summed E-state index contributed by atoms with van der Waals surface area (Å²) >= 11 is 0. The Kier molecular flexibility index (Phi) is 3.47. The average molecular weight is 190 g/mol. The normalized spacial score (nSPS) is 12.5. The van der Waals surface area contributed by atoms with Crippen LogP contribution in [-0.2, 0) is 0 Å². The number of aliphatic hydroxyl groups excluding tert-OH is 1. The smallest absolute Gasteiger partial charge is 0.123 e. The highest BCUT2D eigenvalue weighted by Crippen LogP contribution is 2.19. The molecule has 1 N–H and O–H groups in total. The molecule has 0 heterocycles. The quantitative estimate of drug-likeness (QED) is 0.711. The molecule has 14 heavy (non-hydrogen) atoms. The van der Waals surface area contributed by atoms with Crippen molar-refractivity contribution in [3.8, 4) is 0 Å². The molecule has 0 aliphatic heterocycles. The SMILES string of the molecule is [B]c1ccc(F)cc1C(=C)[C@H](C)CO. The Bertz CT molecular complexity index is 349. The molecule has 0 aliphatic carbocycles. The molecule has 0 fully saturated rings. The number of aliphatic hydroxyl groups is 1. The molecule has 0 saturated heterocycles. The molecule has 1 nitrogen and oxygen atoms in total. The summed E-state index contributed by atoms with van der Waals surface area (Å²) in [7, 11) is 5.67. The summed E-state index contributed by atoms with van der Waals surface area (Å²) in [6.07, 6.45) is 0. The zero-order valence-electron chi connectivity index (χ0n) is 8.13. The van der Waals surface area contributed by atoms with Crippen molar-refractivity contribution >= 4 is 18.9 Å². The van der Waals surface area contributed by atoms with E-state index in [1.807, 2.05) is 6.92 Å². The lowest BCUT2D eigenvalue weighted by molar-refractivity contribution is 0.266. The highest BCUT2D eigenvalue weighted by atomic mass is 19.1. The van der Waals surface area contributed by atoms with Crippen LogP contribution in [0, 0.1) is 11.7 Å². The van der Waals surface area contributed by atoms with Crippen molar-refractivity contribution < 1.29 is 9.50 Å². The van der Waals surface area contributed by atoms with Gasteiger partial charge in [0.2, 0.25) is 0 Å². The van der Waals surface area contributed by atoms with E-state index in [-0.39, 0.29) is 18.3 Å². The summed E-state index contributed by atoms with van der Waals surface area (Å²) in [4.78, 5) is 0.